The van der Waals surface area contributed by atoms with Crippen molar-refractivity contribution in [1.82, 2.24) is 5.43 Å². The molecule has 28 heavy (non-hydrogen) atoms. The molecule has 0 unspecified atom stereocenters. The van der Waals surface area contributed by atoms with Crippen molar-refractivity contribution < 1.29 is 9.53 Å². The summed E-state index contributed by atoms with van der Waals surface area (Å²) in [4.78, 5) is 12.2. The number of methoxy groups -OCH3 is 1. The number of hydrazone groups is 1. The largest absolute Gasteiger partial charge is 0.497 e. The van der Waals surface area contributed by atoms with Crippen molar-refractivity contribution in [3.63, 3.8) is 0 Å². The third-order valence-electron chi connectivity index (χ3n) is 4.72. The van der Waals surface area contributed by atoms with E-state index >= 15 is 0 Å². The van der Waals surface area contributed by atoms with E-state index in [1.165, 1.54) is 0 Å². The van der Waals surface area contributed by atoms with Crippen LogP contribution < -0.4 is 10.2 Å². The number of benzene rings is 4. The van der Waals surface area contributed by atoms with Crippen molar-refractivity contribution in [1.29, 1.82) is 0 Å². The van der Waals surface area contributed by atoms with E-state index in [1.807, 2.05) is 48.5 Å². The monoisotopic (exact) mass is 368 g/mol. The Morgan fingerprint density at radius 2 is 1.54 bits per heavy atom. The fraction of sp³-hybridized carbons (Fsp3) is 0.0833. The number of ether oxygens (including phenoxy) is 1. The summed E-state index contributed by atoms with van der Waals surface area (Å²) in [6, 6.07) is 26.0. The Kier molecular flexibility index (Phi) is 5.02. The molecular formula is C24H20N2O2. The molecular weight excluding hydrogens is 348 g/mol. The van der Waals surface area contributed by atoms with Gasteiger partial charge in [0.15, 0.2) is 0 Å². The number of nitrogens with one attached hydrogen (secondary N) is 1. The van der Waals surface area contributed by atoms with Crippen LogP contribution in [-0.2, 0) is 11.2 Å². The number of rotatable bonds is 5. The number of fused-ring (bicyclic) bond motifs is 2. The van der Waals surface area contributed by atoms with Crippen LogP contribution in [0.3, 0.4) is 0 Å². The standard InChI is InChI=1S/C24H20N2O2/c1-28-20-12-10-17(11-13-20)14-24(27)26-25-16-23-21-8-4-2-6-18(21)15-19-7-3-5-9-22(19)23/h2-13,15-16H,14H2,1H3,(H,26,27)/b25-16-. The predicted octanol–water partition coefficient (Wildman–Crippen LogP) is 4.69. The van der Waals surface area contributed by atoms with Crippen molar-refractivity contribution in [3.8, 4) is 5.75 Å². The molecule has 0 spiro atoms. The van der Waals surface area contributed by atoms with Gasteiger partial charge in [-0.05, 0) is 45.3 Å². The summed E-state index contributed by atoms with van der Waals surface area (Å²) >= 11 is 0. The average Bonchev–Trinajstić information content (AvgIpc) is 2.74. The number of nitrogens with zero attached hydrogens (tertiary/aromatic N) is 1. The Labute approximate surface area is 163 Å². The molecule has 0 aromatic heterocycles. The molecule has 0 aliphatic heterocycles. The van der Waals surface area contributed by atoms with Crippen LogP contribution in [0.1, 0.15) is 11.1 Å². The molecule has 0 radical (unpaired) electrons. The highest BCUT2D eigenvalue weighted by Gasteiger charge is 2.06. The molecule has 4 nitrogen and oxygen atoms in total. The molecule has 4 rings (SSSR count). The Morgan fingerprint density at radius 1 is 0.929 bits per heavy atom. The highest BCUT2D eigenvalue weighted by Crippen LogP contribution is 2.27. The van der Waals surface area contributed by atoms with Crippen LogP contribution in [0, 0.1) is 0 Å². The molecule has 1 amide bonds. The smallest absolute Gasteiger partial charge is 0.244 e. The van der Waals surface area contributed by atoms with Crippen molar-refractivity contribution >= 4 is 33.7 Å². The Hall–Kier alpha value is -3.66. The van der Waals surface area contributed by atoms with E-state index in [0.717, 1.165) is 38.4 Å². The lowest BCUT2D eigenvalue weighted by Crippen LogP contribution is -2.19. The molecule has 0 heterocycles. The Balaban J connectivity index is 1.56. The van der Waals surface area contributed by atoms with E-state index in [9.17, 15) is 4.79 Å². The third-order valence-corrected chi connectivity index (χ3v) is 4.72. The molecule has 0 aliphatic carbocycles. The van der Waals surface area contributed by atoms with Crippen LogP contribution in [0.4, 0.5) is 0 Å². The maximum Gasteiger partial charge on any atom is 0.244 e. The van der Waals surface area contributed by atoms with Gasteiger partial charge in [0, 0.05) is 5.56 Å². The summed E-state index contributed by atoms with van der Waals surface area (Å²) < 4.78 is 5.13. The molecule has 1 N–H and O–H groups in total. The van der Waals surface area contributed by atoms with Crippen LogP contribution >= 0.6 is 0 Å². The van der Waals surface area contributed by atoms with Gasteiger partial charge in [-0.3, -0.25) is 4.79 Å². The molecule has 138 valence electrons. The minimum atomic E-state index is -0.161. The molecule has 0 aliphatic rings. The van der Waals surface area contributed by atoms with Gasteiger partial charge in [0.05, 0.1) is 19.7 Å². The van der Waals surface area contributed by atoms with Crippen LogP contribution in [0.2, 0.25) is 0 Å². The van der Waals surface area contributed by atoms with Crippen LogP contribution in [0.5, 0.6) is 5.75 Å². The van der Waals surface area contributed by atoms with Crippen LogP contribution in [0.25, 0.3) is 21.5 Å². The normalized spacial score (nSPS) is 11.2. The second-order valence-electron chi connectivity index (χ2n) is 6.55. The van der Waals surface area contributed by atoms with Gasteiger partial charge in [0.1, 0.15) is 5.75 Å². The number of hydrogen-bond acceptors (Lipinski definition) is 3. The maximum atomic E-state index is 12.2. The number of carbonyl (C=O) groups is 1. The molecule has 0 saturated carbocycles. The Bertz CT molecular complexity index is 1110. The molecule has 0 saturated heterocycles. The van der Waals surface area contributed by atoms with Gasteiger partial charge < -0.3 is 4.74 Å². The average molecular weight is 368 g/mol. The zero-order valence-electron chi connectivity index (χ0n) is 15.6. The molecule has 4 aromatic carbocycles. The fourth-order valence-electron chi connectivity index (χ4n) is 3.33. The minimum absolute atomic E-state index is 0.161. The van der Waals surface area contributed by atoms with Gasteiger partial charge in [-0.15, -0.1) is 0 Å². The van der Waals surface area contributed by atoms with Gasteiger partial charge in [-0.25, -0.2) is 5.43 Å². The van der Waals surface area contributed by atoms with Crippen molar-refractivity contribution in [3.05, 3.63) is 90.0 Å². The van der Waals surface area contributed by atoms with Gasteiger partial charge in [0.25, 0.3) is 0 Å². The van der Waals surface area contributed by atoms with Gasteiger partial charge >= 0.3 is 0 Å². The molecule has 4 aromatic rings. The van der Waals surface area contributed by atoms with Gasteiger partial charge in [0.2, 0.25) is 5.91 Å². The first-order valence-corrected chi connectivity index (χ1v) is 9.10. The summed E-state index contributed by atoms with van der Waals surface area (Å²) in [5.41, 5.74) is 4.54. The number of carbonyl (C=O) groups excluding carboxylic acids is 1. The van der Waals surface area contributed by atoms with Gasteiger partial charge in [-0.2, -0.15) is 5.10 Å². The number of hydrogen-bond donors (Lipinski definition) is 1. The SMILES string of the molecule is COc1ccc(CC(=O)N/N=C\c2c3ccccc3cc3ccccc23)cc1. The first kappa shape index (κ1) is 17.7. The minimum Gasteiger partial charge on any atom is -0.497 e. The summed E-state index contributed by atoms with van der Waals surface area (Å²) in [6.45, 7) is 0. The first-order valence-electron chi connectivity index (χ1n) is 9.10. The molecule has 0 atom stereocenters. The quantitative estimate of drug-likeness (QED) is 0.315. The van der Waals surface area contributed by atoms with E-state index < -0.39 is 0 Å². The fourth-order valence-corrected chi connectivity index (χ4v) is 3.33. The lowest BCUT2D eigenvalue weighted by molar-refractivity contribution is -0.120. The predicted molar refractivity (Wildman–Crippen MR) is 114 cm³/mol. The van der Waals surface area contributed by atoms with Crippen molar-refractivity contribution in [2.24, 2.45) is 5.10 Å². The zero-order chi connectivity index (χ0) is 19.3. The second kappa shape index (κ2) is 7.92. The summed E-state index contributed by atoms with van der Waals surface area (Å²) in [7, 11) is 1.62. The van der Waals surface area contributed by atoms with E-state index in [2.05, 4.69) is 40.9 Å². The first-order chi connectivity index (χ1) is 13.7. The van der Waals surface area contributed by atoms with E-state index in [0.29, 0.717) is 0 Å². The van der Waals surface area contributed by atoms with E-state index in [-0.39, 0.29) is 12.3 Å². The van der Waals surface area contributed by atoms with E-state index in [1.54, 1.807) is 13.3 Å². The number of amides is 1. The highest BCUT2D eigenvalue weighted by atomic mass is 16.5. The molecule has 0 fully saturated rings. The second-order valence-corrected chi connectivity index (χ2v) is 6.55. The Morgan fingerprint density at radius 3 is 2.14 bits per heavy atom. The van der Waals surface area contributed by atoms with Crippen LogP contribution in [0.15, 0.2) is 84.0 Å². The lowest BCUT2D eigenvalue weighted by atomic mass is 9.97. The maximum absolute atomic E-state index is 12.2. The molecule has 4 heteroatoms. The lowest BCUT2D eigenvalue weighted by Gasteiger charge is -2.08. The van der Waals surface area contributed by atoms with Crippen molar-refractivity contribution in [2.45, 2.75) is 6.42 Å². The van der Waals surface area contributed by atoms with E-state index in [4.69, 9.17) is 4.74 Å². The van der Waals surface area contributed by atoms with Gasteiger partial charge in [-0.1, -0.05) is 60.7 Å². The summed E-state index contributed by atoms with van der Waals surface area (Å²) in [5.74, 6) is 0.607. The summed E-state index contributed by atoms with van der Waals surface area (Å²) in [5, 5.41) is 8.73. The topological polar surface area (TPSA) is 50.7 Å². The zero-order valence-corrected chi connectivity index (χ0v) is 15.6. The highest BCUT2D eigenvalue weighted by molar-refractivity contribution is 6.13. The summed E-state index contributed by atoms with van der Waals surface area (Å²) in [6.07, 6.45) is 1.99. The third kappa shape index (κ3) is 3.71. The molecule has 0 bridgehead atoms. The van der Waals surface area contributed by atoms with Crippen molar-refractivity contribution in [2.75, 3.05) is 7.11 Å². The van der Waals surface area contributed by atoms with Crippen LogP contribution in [-0.4, -0.2) is 19.2 Å².